The molecule has 0 heterocycles. The quantitative estimate of drug-likeness (QED) is 0.860. The van der Waals surface area contributed by atoms with E-state index in [1.165, 1.54) is 23.3 Å². The lowest BCUT2D eigenvalue weighted by atomic mass is 10.0. The van der Waals surface area contributed by atoms with E-state index in [-0.39, 0.29) is 17.9 Å². The van der Waals surface area contributed by atoms with Crippen LogP contribution in [0.25, 0.3) is 10.8 Å². The smallest absolute Gasteiger partial charge is 0.221 e. The molecule has 2 amide bonds. The lowest BCUT2D eigenvalue weighted by Crippen LogP contribution is -2.36. The third kappa shape index (κ3) is 4.88. The Balaban J connectivity index is 1.86. The molecule has 0 aliphatic heterocycles. The van der Waals surface area contributed by atoms with Gasteiger partial charge in [-0.2, -0.15) is 0 Å². The van der Waals surface area contributed by atoms with Crippen LogP contribution in [0.2, 0.25) is 0 Å². The highest BCUT2D eigenvalue weighted by Gasteiger charge is 2.08. The molecule has 1 atom stereocenters. The Morgan fingerprint density at radius 1 is 1.09 bits per heavy atom. The van der Waals surface area contributed by atoms with Crippen molar-refractivity contribution in [3.63, 3.8) is 0 Å². The molecule has 0 saturated carbocycles. The van der Waals surface area contributed by atoms with Gasteiger partial charge in [0.2, 0.25) is 11.8 Å². The van der Waals surface area contributed by atoms with Crippen molar-refractivity contribution in [1.82, 2.24) is 10.6 Å². The van der Waals surface area contributed by atoms with Crippen molar-refractivity contribution >= 4 is 22.6 Å². The summed E-state index contributed by atoms with van der Waals surface area (Å²) in [5.74, 6) is -0.154. The van der Waals surface area contributed by atoms with E-state index in [4.69, 9.17) is 0 Å². The second kappa shape index (κ2) is 7.59. The minimum absolute atomic E-state index is 0.0398. The summed E-state index contributed by atoms with van der Waals surface area (Å²) in [4.78, 5) is 22.5. The average molecular weight is 298 g/mol. The van der Waals surface area contributed by atoms with Crippen LogP contribution in [0.1, 0.15) is 25.8 Å². The zero-order valence-electron chi connectivity index (χ0n) is 13.1. The maximum Gasteiger partial charge on any atom is 0.221 e. The van der Waals surface area contributed by atoms with Crippen molar-refractivity contribution in [2.75, 3.05) is 6.54 Å². The van der Waals surface area contributed by atoms with Gasteiger partial charge in [0.05, 0.1) is 0 Å². The third-order valence-corrected chi connectivity index (χ3v) is 3.49. The van der Waals surface area contributed by atoms with Gasteiger partial charge in [0, 0.05) is 25.9 Å². The number of hydrogen-bond acceptors (Lipinski definition) is 2. The molecule has 0 aliphatic rings. The monoisotopic (exact) mass is 298 g/mol. The predicted octanol–water partition coefficient (Wildman–Crippen LogP) is 2.41. The summed E-state index contributed by atoms with van der Waals surface area (Å²) in [6.07, 6.45) is 1.10. The number of benzene rings is 2. The van der Waals surface area contributed by atoms with Gasteiger partial charge in [0.25, 0.3) is 0 Å². The zero-order chi connectivity index (χ0) is 15.9. The van der Waals surface area contributed by atoms with Crippen molar-refractivity contribution in [3.05, 3.63) is 48.0 Å². The lowest BCUT2D eigenvalue weighted by Gasteiger charge is -2.14. The van der Waals surface area contributed by atoms with E-state index in [0.717, 1.165) is 6.42 Å². The zero-order valence-corrected chi connectivity index (χ0v) is 13.1. The van der Waals surface area contributed by atoms with E-state index in [1.807, 2.05) is 19.1 Å². The van der Waals surface area contributed by atoms with Crippen LogP contribution in [0.15, 0.2) is 42.5 Å². The Bertz CT molecular complexity index is 667. The van der Waals surface area contributed by atoms with Gasteiger partial charge in [-0.1, -0.05) is 42.5 Å². The van der Waals surface area contributed by atoms with Gasteiger partial charge < -0.3 is 10.6 Å². The molecule has 116 valence electrons. The van der Waals surface area contributed by atoms with E-state index in [1.54, 1.807) is 0 Å². The van der Waals surface area contributed by atoms with E-state index >= 15 is 0 Å². The minimum atomic E-state index is -0.114. The molecular weight excluding hydrogens is 276 g/mol. The topological polar surface area (TPSA) is 58.2 Å². The van der Waals surface area contributed by atoms with Crippen LogP contribution in [0.3, 0.4) is 0 Å². The van der Waals surface area contributed by atoms with Gasteiger partial charge in [-0.25, -0.2) is 0 Å². The summed E-state index contributed by atoms with van der Waals surface area (Å²) in [5, 5.41) is 8.01. The molecule has 0 spiro atoms. The van der Waals surface area contributed by atoms with Gasteiger partial charge in [0.1, 0.15) is 0 Å². The Morgan fingerprint density at radius 3 is 2.55 bits per heavy atom. The van der Waals surface area contributed by atoms with E-state index in [0.29, 0.717) is 13.0 Å². The highest BCUT2D eigenvalue weighted by molar-refractivity contribution is 5.83. The molecule has 2 N–H and O–H groups in total. The van der Waals surface area contributed by atoms with Crippen LogP contribution in [-0.2, 0) is 16.0 Å². The number of carbonyl (C=O) groups is 2. The molecule has 2 aromatic carbocycles. The second-order valence-electron chi connectivity index (χ2n) is 5.59. The van der Waals surface area contributed by atoms with Crippen LogP contribution in [0.4, 0.5) is 0 Å². The Hall–Kier alpha value is -2.36. The first-order valence-electron chi connectivity index (χ1n) is 7.56. The fourth-order valence-corrected chi connectivity index (χ4v) is 2.47. The maximum absolute atomic E-state index is 11.8. The van der Waals surface area contributed by atoms with Crippen molar-refractivity contribution in [1.29, 1.82) is 0 Å². The summed E-state index contributed by atoms with van der Waals surface area (Å²) in [5.41, 5.74) is 1.20. The number of rotatable bonds is 6. The largest absolute Gasteiger partial charge is 0.356 e. The highest BCUT2D eigenvalue weighted by atomic mass is 16.2. The van der Waals surface area contributed by atoms with Gasteiger partial charge in [-0.3, -0.25) is 9.59 Å². The van der Waals surface area contributed by atoms with Crippen LogP contribution < -0.4 is 10.6 Å². The van der Waals surface area contributed by atoms with Crippen molar-refractivity contribution in [2.45, 2.75) is 32.7 Å². The fourth-order valence-electron chi connectivity index (χ4n) is 2.47. The third-order valence-electron chi connectivity index (χ3n) is 3.49. The van der Waals surface area contributed by atoms with Gasteiger partial charge in [-0.15, -0.1) is 0 Å². The van der Waals surface area contributed by atoms with Crippen LogP contribution >= 0.6 is 0 Å². The highest BCUT2D eigenvalue weighted by Crippen LogP contribution is 2.16. The second-order valence-corrected chi connectivity index (χ2v) is 5.59. The molecule has 0 aromatic heterocycles. The molecule has 0 bridgehead atoms. The standard InChI is InChI=1S/C18H22N2O2/c1-13(20-18(22)9-10-19-14(2)21)11-15-7-8-16-5-3-4-6-17(16)12-15/h3-8,12-13H,9-11H2,1-2H3,(H,19,21)(H,20,22). The molecule has 2 aromatic rings. The molecule has 2 rings (SSSR count). The fraction of sp³-hybridized carbons (Fsp3) is 0.333. The number of amides is 2. The first kappa shape index (κ1) is 16.0. The maximum atomic E-state index is 11.8. The Kier molecular flexibility index (Phi) is 5.53. The number of nitrogens with one attached hydrogen (secondary N) is 2. The van der Waals surface area contributed by atoms with Gasteiger partial charge >= 0.3 is 0 Å². The number of carbonyl (C=O) groups excluding carboxylic acids is 2. The molecular formula is C18H22N2O2. The summed E-state index contributed by atoms with van der Waals surface area (Å²) in [6.45, 7) is 3.82. The summed E-state index contributed by atoms with van der Waals surface area (Å²) in [6, 6.07) is 14.7. The minimum Gasteiger partial charge on any atom is -0.356 e. The van der Waals surface area contributed by atoms with Crippen LogP contribution in [0, 0.1) is 0 Å². The lowest BCUT2D eigenvalue weighted by molar-refractivity contribution is -0.122. The first-order valence-corrected chi connectivity index (χ1v) is 7.56. The molecule has 4 nitrogen and oxygen atoms in total. The van der Waals surface area contributed by atoms with E-state index in [9.17, 15) is 9.59 Å². The van der Waals surface area contributed by atoms with Crippen LogP contribution in [-0.4, -0.2) is 24.4 Å². The number of hydrogen-bond donors (Lipinski definition) is 2. The van der Waals surface area contributed by atoms with Crippen LogP contribution in [0.5, 0.6) is 0 Å². The normalized spacial score (nSPS) is 11.9. The Labute approximate surface area is 130 Å². The molecule has 1 unspecified atom stereocenters. The predicted molar refractivity (Wildman–Crippen MR) is 88.6 cm³/mol. The molecule has 0 aliphatic carbocycles. The van der Waals surface area contributed by atoms with Gasteiger partial charge in [-0.05, 0) is 29.7 Å². The first-order chi connectivity index (χ1) is 10.5. The molecule has 0 radical (unpaired) electrons. The van der Waals surface area contributed by atoms with Crippen molar-refractivity contribution < 1.29 is 9.59 Å². The van der Waals surface area contributed by atoms with Crippen molar-refractivity contribution in [3.8, 4) is 0 Å². The number of fused-ring (bicyclic) bond motifs is 1. The molecule has 22 heavy (non-hydrogen) atoms. The van der Waals surface area contributed by atoms with E-state index in [2.05, 4.69) is 41.0 Å². The summed E-state index contributed by atoms with van der Waals surface area (Å²) in [7, 11) is 0. The molecule has 0 saturated heterocycles. The van der Waals surface area contributed by atoms with E-state index < -0.39 is 0 Å². The molecule has 0 fully saturated rings. The summed E-state index contributed by atoms with van der Waals surface area (Å²) < 4.78 is 0. The Morgan fingerprint density at radius 2 is 1.82 bits per heavy atom. The summed E-state index contributed by atoms with van der Waals surface area (Å²) >= 11 is 0. The van der Waals surface area contributed by atoms with Crippen molar-refractivity contribution in [2.24, 2.45) is 0 Å². The van der Waals surface area contributed by atoms with Gasteiger partial charge in [0.15, 0.2) is 0 Å². The molecule has 4 heteroatoms. The average Bonchev–Trinajstić information content (AvgIpc) is 2.46. The SMILES string of the molecule is CC(=O)NCCC(=O)NC(C)Cc1ccc2ccccc2c1.